The summed E-state index contributed by atoms with van der Waals surface area (Å²) in [5, 5.41) is 15.0. The average molecular weight is 570 g/mol. The van der Waals surface area contributed by atoms with E-state index in [0.717, 1.165) is 4.68 Å². The van der Waals surface area contributed by atoms with E-state index in [-0.39, 0.29) is 22.1 Å². The van der Waals surface area contributed by atoms with Crippen molar-refractivity contribution >= 4 is 21.9 Å². The highest BCUT2D eigenvalue weighted by Crippen LogP contribution is 2.30. The molecule has 0 fully saturated rings. The van der Waals surface area contributed by atoms with Crippen molar-refractivity contribution in [2.24, 2.45) is 0 Å². The number of benzene rings is 2. The summed E-state index contributed by atoms with van der Waals surface area (Å²) in [6, 6.07) is 14.1. The smallest absolute Gasteiger partial charge is 0.289 e. The zero-order valence-electron chi connectivity index (χ0n) is 21.4. The number of nitrogens with one attached hydrogen (secondary N) is 2. The first-order chi connectivity index (χ1) is 18.7. The van der Waals surface area contributed by atoms with Crippen molar-refractivity contribution in [3.63, 3.8) is 0 Å². The highest BCUT2D eigenvalue weighted by Gasteiger charge is 2.36. The molecule has 0 saturated heterocycles. The molecule has 2 heterocycles. The van der Waals surface area contributed by atoms with Crippen molar-refractivity contribution in [2.75, 3.05) is 5.32 Å². The van der Waals surface area contributed by atoms with Gasteiger partial charge in [0.1, 0.15) is 5.69 Å². The lowest BCUT2D eigenvalue weighted by atomic mass is 10.1. The number of sulfonamides is 1. The minimum absolute atomic E-state index is 0.0751. The standard InChI is InChI=1S/C26H22F3N7O3S/c1-25(2,3)35-40(38,39)20-9-7-17(8-10-20)18-14-31-24(32-15-18)33-23(37)21-12-22(26(27,28)29)34-36(21)19-6-4-5-16(11-19)13-30/h4-12,14-15,35H,1-3H3,(H,31,32,33,37). The first-order valence-electron chi connectivity index (χ1n) is 11.6. The topological polar surface area (TPSA) is 143 Å². The number of alkyl halides is 3. The minimum atomic E-state index is -4.82. The number of amides is 1. The van der Waals surface area contributed by atoms with E-state index >= 15 is 0 Å². The van der Waals surface area contributed by atoms with Gasteiger partial charge in [0.25, 0.3) is 5.91 Å². The zero-order chi connectivity index (χ0) is 29.3. The van der Waals surface area contributed by atoms with Gasteiger partial charge in [-0.15, -0.1) is 0 Å². The Balaban J connectivity index is 1.56. The van der Waals surface area contributed by atoms with Gasteiger partial charge in [0.05, 0.1) is 22.2 Å². The van der Waals surface area contributed by atoms with Crippen LogP contribution in [0.5, 0.6) is 0 Å². The Kier molecular flexibility index (Phi) is 7.46. The number of carbonyl (C=O) groups is 1. The summed E-state index contributed by atoms with van der Waals surface area (Å²) in [6.07, 6.45) is -2.08. The molecule has 0 unspecified atom stereocenters. The monoisotopic (exact) mass is 569 g/mol. The third-order valence-electron chi connectivity index (χ3n) is 5.27. The first kappa shape index (κ1) is 28.4. The molecule has 14 heteroatoms. The average Bonchev–Trinajstić information content (AvgIpc) is 3.35. The summed E-state index contributed by atoms with van der Waals surface area (Å²) in [6.45, 7) is 5.18. The van der Waals surface area contributed by atoms with Crippen molar-refractivity contribution in [2.45, 2.75) is 37.4 Å². The molecule has 2 aromatic carbocycles. The number of aromatic nitrogens is 4. The summed E-state index contributed by atoms with van der Waals surface area (Å²) >= 11 is 0. The van der Waals surface area contributed by atoms with Crippen LogP contribution in [0, 0.1) is 11.3 Å². The number of hydrogen-bond acceptors (Lipinski definition) is 7. The summed E-state index contributed by atoms with van der Waals surface area (Å²) in [4.78, 5) is 21.1. The molecule has 0 aliphatic heterocycles. The second-order valence-electron chi connectivity index (χ2n) is 9.62. The fraction of sp³-hybridized carbons (Fsp3) is 0.192. The maximum atomic E-state index is 13.4. The second-order valence-corrected chi connectivity index (χ2v) is 11.3. The quantitative estimate of drug-likeness (QED) is 0.347. The van der Waals surface area contributed by atoms with Crippen LogP contribution in [-0.2, 0) is 16.2 Å². The van der Waals surface area contributed by atoms with E-state index in [1.165, 1.54) is 48.8 Å². The van der Waals surface area contributed by atoms with Crippen LogP contribution in [0.25, 0.3) is 16.8 Å². The number of hydrogen-bond donors (Lipinski definition) is 2. The predicted molar refractivity (Wildman–Crippen MR) is 139 cm³/mol. The molecule has 1 amide bonds. The Bertz CT molecular complexity index is 1700. The van der Waals surface area contributed by atoms with Gasteiger partial charge in [-0.25, -0.2) is 27.8 Å². The Labute approximate surface area is 227 Å². The first-order valence-corrected chi connectivity index (χ1v) is 13.1. The van der Waals surface area contributed by atoms with Gasteiger partial charge < -0.3 is 0 Å². The molecule has 0 spiro atoms. The molecular weight excluding hydrogens is 547 g/mol. The van der Waals surface area contributed by atoms with Crippen molar-refractivity contribution in [1.82, 2.24) is 24.5 Å². The van der Waals surface area contributed by atoms with Crippen molar-refractivity contribution in [3.8, 4) is 22.9 Å². The van der Waals surface area contributed by atoms with E-state index in [1.54, 1.807) is 32.9 Å². The van der Waals surface area contributed by atoms with Crippen LogP contribution < -0.4 is 10.0 Å². The highest BCUT2D eigenvalue weighted by atomic mass is 32.2. The lowest BCUT2D eigenvalue weighted by Gasteiger charge is -2.20. The number of halogens is 3. The summed E-state index contributed by atoms with van der Waals surface area (Å²) in [5.41, 5.74) is -1.04. The number of rotatable bonds is 6. The predicted octanol–water partition coefficient (Wildman–Crippen LogP) is 4.55. The fourth-order valence-corrected chi connectivity index (χ4v) is 5.00. The molecule has 206 valence electrons. The minimum Gasteiger partial charge on any atom is -0.289 e. The van der Waals surface area contributed by atoms with E-state index < -0.39 is 39.0 Å². The van der Waals surface area contributed by atoms with Crippen molar-refractivity contribution in [1.29, 1.82) is 5.26 Å². The van der Waals surface area contributed by atoms with E-state index in [1.807, 2.05) is 6.07 Å². The number of nitriles is 1. The summed E-state index contributed by atoms with van der Waals surface area (Å²) in [7, 11) is -3.72. The van der Waals surface area contributed by atoms with Gasteiger partial charge in [-0.05, 0) is 56.7 Å². The zero-order valence-corrected chi connectivity index (χ0v) is 22.2. The lowest BCUT2D eigenvalue weighted by molar-refractivity contribution is -0.141. The highest BCUT2D eigenvalue weighted by molar-refractivity contribution is 7.89. The van der Waals surface area contributed by atoms with E-state index in [0.29, 0.717) is 17.2 Å². The third-order valence-corrected chi connectivity index (χ3v) is 7.04. The second kappa shape index (κ2) is 10.5. The largest absolute Gasteiger partial charge is 0.435 e. The van der Waals surface area contributed by atoms with Crippen LogP contribution in [0.15, 0.2) is 71.9 Å². The molecule has 0 bridgehead atoms. The van der Waals surface area contributed by atoms with Crippen LogP contribution in [0.2, 0.25) is 0 Å². The van der Waals surface area contributed by atoms with Gasteiger partial charge in [-0.3, -0.25) is 10.1 Å². The number of anilines is 1. The number of nitrogens with zero attached hydrogens (tertiary/aromatic N) is 5. The van der Waals surface area contributed by atoms with E-state index in [9.17, 15) is 26.4 Å². The summed E-state index contributed by atoms with van der Waals surface area (Å²) in [5.74, 6) is -1.14. The maximum absolute atomic E-state index is 13.4. The molecule has 10 nitrogen and oxygen atoms in total. The van der Waals surface area contributed by atoms with E-state index in [2.05, 4.69) is 25.1 Å². The maximum Gasteiger partial charge on any atom is 0.435 e. The molecule has 2 aromatic heterocycles. The van der Waals surface area contributed by atoms with Gasteiger partial charge in [-0.1, -0.05) is 18.2 Å². The van der Waals surface area contributed by atoms with Crippen LogP contribution in [0.3, 0.4) is 0 Å². The molecule has 40 heavy (non-hydrogen) atoms. The van der Waals surface area contributed by atoms with Gasteiger partial charge in [0.2, 0.25) is 16.0 Å². The SMILES string of the molecule is CC(C)(C)NS(=O)(=O)c1ccc(-c2cnc(NC(=O)c3cc(C(F)(F)F)nn3-c3cccc(C#N)c3)nc2)cc1. The fourth-order valence-electron chi connectivity index (χ4n) is 3.58. The van der Waals surface area contributed by atoms with Crippen molar-refractivity contribution in [3.05, 3.63) is 83.9 Å². The Morgan fingerprint density at radius 2 is 1.62 bits per heavy atom. The molecule has 0 atom stereocenters. The lowest BCUT2D eigenvalue weighted by Crippen LogP contribution is -2.40. The number of carbonyl (C=O) groups excluding carboxylic acids is 1. The molecule has 0 saturated carbocycles. The van der Waals surface area contributed by atoms with Crippen LogP contribution >= 0.6 is 0 Å². The third kappa shape index (κ3) is 6.50. The Hall–Kier alpha value is -4.61. The van der Waals surface area contributed by atoms with E-state index in [4.69, 9.17) is 5.26 Å². The molecular formula is C26H22F3N7O3S. The molecule has 0 aliphatic carbocycles. The van der Waals surface area contributed by atoms with Gasteiger partial charge in [0.15, 0.2) is 5.69 Å². The van der Waals surface area contributed by atoms with Gasteiger partial charge >= 0.3 is 6.18 Å². The molecule has 0 aliphatic rings. The molecule has 4 aromatic rings. The van der Waals surface area contributed by atoms with Crippen molar-refractivity contribution < 1.29 is 26.4 Å². The van der Waals surface area contributed by atoms with Gasteiger partial charge in [0, 0.05) is 29.6 Å². The molecule has 4 rings (SSSR count). The van der Waals surface area contributed by atoms with Crippen LogP contribution in [0.4, 0.5) is 19.1 Å². The van der Waals surface area contributed by atoms with Gasteiger partial charge in [-0.2, -0.15) is 23.5 Å². The molecule has 0 radical (unpaired) electrons. The Morgan fingerprint density at radius 3 is 2.20 bits per heavy atom. The molecule has 2 N–H and O–H groups in total. The van der Waals surface area contributed by atoms with Crippen LogP contribution in [-0.4, -0.2) is 39.6 Å². The van der Waals surface area contributed by atoms with Crippen LogP contribution in [0.1, 0.15) is 42.5 Å². The summed E-state index contributed by atoms with van der Waals surface area (Å²) < 4.78 is 68.5. The Morgan fingerprint density at radius 1 is 0.975 bits per heavy atom. The normalized spacial score (nSPS) is 12.1.